The van der Waals surface area contributed by atoms with Crippen LogP contribution in [0.1, 0.15) is 77.1 Å². The number of carboxylic acid groups (broad SMARTS) is 1. The molecule has 61 heavy (non-hydrogen) atoms. The number of H-pyrrole nitrogens is 2. The van der Waals surface area contributed by atoms with E-state index >= 15 is 0 Å². The molecule has 2 aliphatic heterocycles. The molecule has 0 radical (unpaired) electrons. The van der Waals surface area contributed by atoms with Crippen LogP contribution >= 0.6 is 0 Å². The molecule has 5 N–H and O–H groups in total. The quantitative estimate of drug-likeness (QED) is 0.0922. The fourth-order valence-electron chi connectivity index (χ4n) is 10.0. The fourth-order valence-corrected chi connectivity index (χ4v) is 10.0. The van der Waals surface area contributed by atoms with Crippen molar-refractivity contribution in [1.82, 2.24) is 40.4 Å². The summed E-state index contributed by atoms with van der Waals surface area (Å²) in [4.78, 5) is 72.1. The van der Waals surface area contributed by atoms with E-state index in [0.717, 1.165) is 92.4 Å². The molecule has 2 saturated heterocycles. The molecule has 2 aliphatic carbocycles. The Kier molecular flexibility index (Phi) is 9.29. The van der Waals surface area contributed by atoms with Gasteiger partial charge in [-0.25, -0.2) is 19.6 Å². The summed E-state index contributed by atoms with van der Waals surface area (Å²) in [6.45, 7) is 7.56. The fraction of sp³-hybridized carbons (Fsp3) is 0.404. The highest BCUT2D eigenvalue weighted by atomic mass is 16.5. The lowest BCUT2D eigenvalue weighted by Crippen LogP contribution is -2.52. The first-order chi connectivity index (χ1) is 29.3. The van der Waals surface area contributed by atoms with E-state index in [0.29, 0.717) is 11.8 Å². The van der Waals surface area contributed by atoms with Crippen molar-refractivity contribution in [1.29, 1.82) is 0 Å². The summed E-state index contributed by atoms with van der Waals surface area (Å²) in [5.74, 6) is 1.78. The minimum Gasteiger partial charge on any atom is -0.465 e. The number of likely N-dealkylation sites (tertiary alicyclic amines) is 2. The number of rotatable bonds is 10. The van der Waals surface area contributed by atoms with Gasteiger partial charge < -0.3 is 40.2 Å². The van der Waals surface area contributed by atoms with Gasteiger partial charge >= 0.3 is 12.2 Å². The molecular weight excluding hydrogens is 773 g/mol. The third kappa shape index (κ3) is 6.91. The lowest BCUT2D eigenvalue weighted by atomic mass is 9.97. The number of benzene rings is 4. The summed E-state index contributed by atoms with van der Waals surface area (Å²) in [5.41, 5.74) is 7.65. The number of ether oxygens (including phenoxy) is 1. The van der Waals surface area contributed by atoms with Gasteiger partial charge in [0.05, 0.1) is 41.3 Å². The molecule has 8 atom stereocenters. The highest BCUT2D eigenvalue weighted by Gasteiger charge is 2.57. The molecule has 4 aliphatic rings. The van der Waals surface area contributed by atoms with Crippen molar-refractivity contribution >= 4 is 56.8 Å². The molecule has 0 unspecified atom stereocenters. The number of imidazole rings is 2. The second-order valence-corrected chi connectivity index (χ2v) is 18.1. The predicted octanol–water partition coefficient (Wildman–Crippen LogP) is 7.92. The van der Waals surface area contributed by atoms with Gasteiger partial charge in [0.1, 0.15) is 23.7 Å². The maximum Gasteiger partial charge on any atom is 0.407 e. The molecular formula is C47H50N8O6. The molecule has 4 amide bonds. The van der Waals surface area contributed by atoms with E-state index in [9.17, 15) is 24.3 Å². The maximum atomic E-state index is 13.9. The number of hydrogen-bond acceptors (Lipinski definition) is 7. The van der Waals surface area contributed by atoms with Crippen LogP contribution in [0.25, 0.3) is 55.1 Å². The number of piperidine rings is 2. The predicted molar refractivity (Wildman–Crippen MR) is 230 cm³/mol. The molecule has 4 heterocycles. The van der Waals surface area contributed by atoms with Crippen LogP contribution in [0, 0.1) is 23.7 Å². The van der Waals surface area contributed by atoms with Gasteiger partial charge in [-0.15, -0.1) is 0 Å². The van der Waals surface area contributed by atoms with Crippen molar-refractivity contribution in [3.8, 4) is 22.3 Å². The number of alkyl carbamates (subject to hydrolysis) is 1. The van der Waals surface area contributed by atoms with Crippen LogP contribution < -0.4 is 10.6 Å². The second kappa shape index (κ2) is 14.6. The van der Waals surface area contributed by atoms with Gasteiger partial charge in [0.2, 0.25) is 11.8 Å². The largest absolute Gasteiger partial charge is 0.465 e. The van der Waals surface area contributed by atoms with Crippen LogP contribution in [0.4, 0.5) is 9.59 Å². The van der Waals surface area contributed by atoms with Crippen molar-refractivity contribution in [3.63, 3.8) is 0 Å². The normalized spacial score (nSPS) is 23.7. The molecule has 10 rings (SSSR count). The Hall–Kier alpha value is -6.44. The lowest BCUT2D eigenvalue weighted by molar-refractivity contribution is -0.137. The monoisotopic (exact) mass is 822 g/mol. The van der Waals surface area contributed by atoms with Gasteiger partial charge in [-0.05, 0) is 119 Å². The SMILES string of the molecule is COC(=O)N[C@H](C(=O)N1[C@@H]2C[C@@H]2C[C@H]1c1nc2cc(-c3ccc4cc(-c5ccc6[nH]c([C@@H]7C[C@H]8C[C@H]8N7C(=O)[C@@H](NC(=O)O)C(C)C)nc6c5)ccc4c3)ccc2[nH]1)C(C)C. The molecule has 14 nitrogen and oxygen atoms in total. The van der Waals surface area contributed by atoms with Crippen LogP contribution in [-0.4, -0.2) is 90.1 Å². The number of nitrogens with zero attached hydrogens (tertiary/aromatic N) is 4. The molecule has 6 aromatic rings. The summed E-state index contributed by atoms with van der Waals surface area (Å²) in [5, 5.41) is 16.8. The zero-order chi connectivity index (χ0) is 42.4. The smallest absolute Gasteiger partial charge is 0.407 e. The van der Waals surface area contributed by atoms with Crippen LogP contribution in [-0.2, 0) is 14.3 Å². The number of methoxy groups -OCH3 is 1. The summed E-state index contributed by atoms with van der Waals surface area (Å²) in [6.07, 6.45) is 1.75. The van der Waals surface area contributed by atoms with E-state index < -0.39 is 24.3 Å². The third-order valence-corrected chi connectivity index (χ3v) is 13.5. The lowest BCUT2D eigenvalue weighted by Gasteiger charge is -2.31. The summed E-state index contributed by atoms with van der Waals surface area (Å²) in [7, 11) is 1.30. The van der Waals surface area contributed by atoms with Crippen molar-refractivity contribution in [2.75, 3.05) is 7.11 Å². The Morgan fingerprint density at radius 3 is 1.49 bits per heavy atom. The van der Waals surface area contributed by atoms with E-state index in [1.807, 2.05) is 49.6 Å². The molecule has 2 aromatic heterocycles. The molecule has 0 bridgehead atoms. The number of fused-ring (bicyclic) bond motifs is 5. The van der Waals surface area contributed by atoms with Gasteiger partial charge in [-0.1, -0.05) is 64.1 Å². The minimum absolute atomic E-state index is 0.0990. The van der Waals surface area contributed by atoms with E-state index in [1.165, 1.54) is 7.11 Å². The summed E-state index contributed by atoms with van der Waals surface area (Å²) >= 11 is 0. The summed E-state index contributed by atoms with van der Waals surface area (Å²) in [6, 6.07) is 23.7. The van der Waals surface area contributed by atoms with Gasteiger partial charge in [-0.3, -0.25) is 9.59 Å². The number of carbonyl (C=O) groups excluding carboxylic acids is 3. The van der Waals surface area contributed by atoms with Gasteiger partial charge in [-0.2, -0.15) is 0 Å². The number of hydrogen-bond donors (Lipinski definition) is 5. The first-order valence-electron chi connectivity index (χ1n) is 21.4. The molecule has 14 heteroatoms. The van der Waals surface area contributed by atoms with Gasteiger partial charge in [0.25, 0.3) is 0 Å². The Bertz CT molecular complexity index is 2760. The molecule has 4 fully saturated rings. The van der Waals surface area contributed by atoms with Crippen molar-refractivity contribution < 1.29 is 29.0 Å². The van der Waals surface area contributed by atoms with Gasteiger partial charge in [0.15, 0.2) is 0 Å². The first kappa shape index (κ1) is 38.7. The van der Waals surface area contributed by atoms with Crippen molar-refractivity contribution in [2.45, 2.75) is 89.6 Å². The Balaban J connectivity index is 0.872. The summed E-state index contributed by atoms with van der Waals surface area (Å²) < 4.78 is 4.82. The van der Waals surface area contributed by atoms with E-state index in [2.05, 4.69) is 81.3 Å². The van der Waals surface area contributed by atoms with Gasteiger partial charge in [0, 0.05) is 12.1 Å². The molecule has 2 saturated carbocycles. The van der Waals surface area contributed by atoms with E-state index in [1.54, 1.807) is 0 Å². The number of aromatic nitrogens is 4. The number of amides is 4. The Labute approximate surface area is 352 Å². The third-order valence-electron chi connectivity index (χ3n) is 13.5. The maximum absolute atomic E-state index is 13.9. The standard InChI is InChI=1S/C47H50N8O6/c1-22(2)40(52-46(58)59)44(56)54-36-18-30(36)20-38(54)42-48-32-12-10-28(16-34(32)50-42)26-8-6-25-15-27(9-7-24(25)14-26)29-11-13-33-35(17-29)51-43(49-33)39-21-31-19-37(31)55(39)45(57)41(23(3)4)53-47(60)61-5/h6-17,22-23,30-31,36-41,52H,18-21H2,1-5H3,(H,48,50)(H,49,51)(H,53,60)(H,58,59)/t30-,31-,36-,37-,38+,39+,40+,41+/m1/s1. The highest BCUT2D eigenvalue weighted by Crippen LogP contribution is 2.54. The van der Waals surface area contributed by atoms with Crippen molar-refractivity contribution in [3.05, 3.63) is 84.4 Å². The van der Waals surface area contributed by atoms with E-state index in [4.69, 9.17) is 14.7 Å². The molecule has 0 spiro atoms. The topological polar surface area (TPSA) is 186 Å². The number of aromatic amines is 2. The van der Waals surface area contributed by atoms with Crippen LogP contribution in [0.3, 0.4) is 0 Å². The Morgan fingerprint density at radius 2 is 1.07 bits per heavy atom. The number of carbonyl (C=O) groups is 4. The highest BCUT2D eigenvalue weighted by molar-refractivity contribution is 5.94. The van der Waals surface area contributed by atoms with Crippen LogP contribution in [0.15, 0.2) is 72.8 Å². The first-order valence-corrected chi connectivity index (χ1v) is 21.4. The van der Waals surface area contributed by atoms with E-state index in [-0.39, 0.29) is 47.8 Å². The zero-order valence-electron chi connectivity index (χ0n) is 34.8. The average Bonchev–Trinajstić information content (AvgIpc) is 3.91. The second-order valence-electron chi connectivity index (χ2n) is 18.1. The minimum atomic E-state index is -1.20. The number of nitrogens with one attached hydrogen (secondary N) is 4. The van der Waals surface area contributed by atoms with Crippen LogP contribution in [0.2, 0.25) is 0 Å². The van der Waals surface area contributed by atoms with Crippen LogP contribution in [0.5, 0.6) is 0 Å². The van der Waals surface area contributed by atoms with Crippen molar-refractivity contribution in [2.24, 2.45) is 23.7 Å². The molecule has 4 aromatic carbocycles. The zero-order valence-corrected chi connectivity index (χ0v) is 34.8. The molecule has 314 valence electrons. The average molecular weight is 823 g/mol. The Morgan fingerprint density at radius 1 is 0.639 bits per heavy atom.